The molecule has 1 atom stereocenters. The van der Waals surface area contributed by atoms with Crippen LogP contribution < -0.4 is 5.32 Å². The smallest absolute Gasteiger partial charge is 0.351 e. The van der Waals surface area contributed by atoms with Crippen LogP contribution >= 0.6 is 0 Å². The number of amides is 1. The fourth-order valence-electron chi connectivity index (χ4n) is 1.26. The number of carbonyl (C=O) groups is 1. The van der Waals surface area contributed by atoms with E-state index in [2.05, 4.69) is 4.74 Å². The van der Waals surface area contributed by atoms with Crippen LogP contribution in [0.3, 0.4) is 0 Å². The van der Waals surface area contributed by atoms with Crippen molar-refractivity contribution in [2.45, 2.75) is 11.8 Å². The summed E-state index contributed by atoms with van der Waals surface area (Å²) in [5.41, 5.74) is -2.67. The van der Waals surface area contributed by atoms with Gasteiger partial charge >= 0.3 is 6.18 Å². The summed E-state index contributed by atoms with van der Waals surface area (Å²) in [5.74, 6) is -1.84. The number of epoxide rings is 1. The van der Waals surface area contributed by atoms with Gasteiger partial charge in [-0.15, -0.1) is 0 Å². The highest BCUT2D eigenvalue weighted by Crippen LogP contribution is 2.44. The van der Waals surface area contributed by atoms with Crippen LogP contribution in [0.1, 0.15) is 0 Å². The maximum atomic E-state index is 12.5. The summed E-state index contributed by atoms with van der Waals surface area (Å²) in [7, 11) is 0. The summed E-state index contributed by atoms with van der Waals surface area (Å²) < 4.78 is 54.2. The highest BCUT2D eigenvalue weighted by atomic mass is 19.4. The van der Waals surface area contributed by atoms with Crippen molar-refractivity contribution < 1.29 is 27.1 Å². The summed E-state index contributed by atoms with van der Waals surface area (Å²) in [4.78, 5) is 11.4. The summed E-state index contributed by atoms with van der Waals surface area (Å²) in [5, 5.41) is 2.03. The number of carbonyl (C=O) groups excluding carboxylic acids is 1. The average Bonchev–Trinajstić information content (AvgIpc) is 3.01. The van der Waals surface area contributed by atoms with Crippen molar-refractivity contribution in [1.82, 2.24) is 0 Å². The van der Waals surface area contributed by atoms with Crippen LogP contribution in [-0.4, -0.2) is 24.3 Å². The third-order valence-corrected chi connectivity index (χ3v) is 2.36. The minimum Gasteiger partial charge on any atom is -0.351 e. The molecule has 0 radical (unpaired) electrons. The van der Waals surface area contributed by atoms with E-state index in [9.17, 15) is 22.4 Å². The van der Waals surface area contributed by atoms with Crippen molar-refractivity contribution in [2.75, 3.05) is 11.9 Å². The normalized spacial score (nSPS) is 23.3. The lowest BCUT2D eigenvalue weighted by molar-refractivity contribution is -0.186. The van der Waals surface area contributed by atoms with Crippen LogP contribution in [0, 0.1) is 5.82 Å². The van der Waals surface area contributed by atoms with Crippen molar-refractivity contribution in [2.24, 2.45) is 0 Å². The van der Waals surface area contributed by atoms with Gasteiger partial charge < -0.3 is 10.1 Å². The van der Waals surface area contributed by atoms with Crippen LogP contribution in [-0.2, 0) is 9.53 Å². The zero-order chi connectivity index (χ0) is 12.7. The molecule has 1 amide bonds. The molecule has 0 aliphatic carbocycles. The molecule has 1 saturated heterocycles. The van der Waals surface area contributed by atoms with Gasteiger partial charge in [-0.1, -0.05) is 0 Å². The molecule has 7 heteroatoms. The Balaban J connectivity index is 2.10. The third kappa shape index (κ3) is 2.10. The summed E-state index contributed by atoms with van der Waals surface area (Å²) in [6, 6.07) is 4.40. The zero-order valence-electron chi connectivity index (χ0n) is 8.34. The molecular formula is C10H7F4NO2. The fraction of sp³-hybridized carbons (Fsp3) is 0.300. The molecular weight excluding hydrogens is 242 g/mol. The van der Waals surface area contributed by atoms with Gasteiger partial charge in [0.2, 0.25) is 0 Å². The highest BCUT2D eigenvalue weighted by Gasteiger charge is 2.71. The van der Waals surface area contributed by atoms with E-state index < -0.39 is 30.1 Å². The second-order valence-electron chi connectivity index (χ2n) is 3.57. The summed E-state index contributed by atoms with van der Waals surface area (Å²) in [6.45, 7) is -0.691. The van der Waals surface area contributed by atoms with Crippen molar-refractivity contribution in [3.8, 4) is 0 Å². The molecule has 1 aliphatic rings. The maximum Gasteiger partial charge on any atom is 0.429 e. The Morgan fingerprint density at radius 2 is 1.82 bits per heavy atom. The molecule has 0 unspecified atom stereocenters. The number of ether oxygens (including phenoxy) is 1. The van der Waals surface area contributed by atoms with Crippen molar-refractivity contribution in [1.29, 1.82) is 0 Å². The number of nitrogens with one attached hydrogen (secondary N) is 1. The predicted molar refractivity (Wildman–Crippen MR) is 49.8 cm³/mol. The molecule has 0 spiro atoms. The minimum absolute atomic E-state index is 0.0792. The fourth-order valence-corrected chi connectivity index (χ4v) is 1.26. The molecule has 1 aromatic rings. The summed E-state index contributed by atoms with van der Waals surface area (Å²) in [6.07, 6.45) is -4.75. The third-order valence-electron chi connectivity index (χ3n) is 2.36. The van der Waals surface area contributed by atoms with Gasteiger partial charge in [-0.2, -0.15) is 13.2 Å². The Kier molecular flexibility index (Phi) is 2.57. The number of hydrogen-bond donors (Lipinski definition) is 1. The molecule has 1 fully saturated rings. The number of rotatable bonds is 2. The number of alkyl halides is 3. The molecule has 0 bridgehead atoms. The highest BCUT2D eigenvalue weighted by molar-refractivity contribution is 5.99. The Bertz CT molecular complexity index is 437. The first kappa shape index (κ1) is 11.8. The van der Waals surface area contributed by atoms with Gasteiger partial charge in [0.25, 0.3) is 11.5 Å². The van der Waals surface area contributed by atoms with E-state index in [0.29, 0.717) is 0 Å². The first-order chi connectivity index (χ1) is 7.85. The van der Waals surface area contributed by atoms with Gasteiger partial charge in [-0.3, -0.25) is 4.79 Å². The number of benzene rings is 1. The Morgan fingerprint density at radius 3 is 2.24 bits per heavy atom. The lowest BCUT2D eigenvalue weighted by atomic mass is 10.1. The SMILES string of the molecule is O=C(Nc1ccc(F)cc1)[C@@]1(C(F)(F)F)CO1. The molecule has 3 nitrogen and oxygen atoms in total. The van der Waals surface area contributed by atoms with E-state index in [1.165, 1.54) is 12.1 Å². The van der Waals surface area contributed by atoms with Crippen LogP contribution in [0.15, 0.2) is 24.3 Å². The molecule has 1 heterocycles. The Hall–Kier alpha value is -1.63. The molecule has 17 heavy (non-hydrogen) atoms. The second kappa shape index (κ2) is 3.69. The predicted octanol–water partition coefficient (Wildman–Crippen LogP) is 2.10. The average molecular weight is 249 g/mol. The lowest BCUT2D eigenvalue weighted by Crippen LogP contribution is -2.44. The van der Waals surface area contributed by atoms with E-state index in [0.717, 1.165) is 12.1 Å². The van der Waals surface area contributed by atoms with E-state index in [1.807, 2.05) is 5.32 Å². The quantitative estimate of drug-likeness (QED) is 0.644. The molecule has 0 aromatic heterocycles. The van der Waals surface area contributed by atoms with E-state index in [4.69, 9.17) is 0 Å². The Morgan fingerprint density at radius 1 is 1.29 bits per heavy atom. The van der Waals surface area contributed by atoms with Crippen LogP contribution in [0.5, 0.6) is 0 Å². The maximum absolute atomic E-state index is 12.5. The molecule has 92 valence electrons. The van der Waals surface area contributed by atoms with Gasteiger partial charge in [0, 0.05) is 5.69 Å². The van der Waals surface area contributed by atoms with E-state index >= 15 is 0 Å². The molecule has 2 rings (SSSR count). The number of hydrogen-bond acceptors (Lipinski definition) is 2. The monoisotopic (exact) mass is 249 g/mol. The van der Waals surface area contributed by atoms with Crippen LogP contribution in [0.25, 0.3) is 0 Å². The topological polar surface area (TPSA) is 41.6 Å². The van der Waals surface area contributed by atoms with Gasteiger partial charge in [0.15, 0.2) is 0 Å². The first-order valence-corrected chi connectivity index (χ1v) is 4.63. The molecule has 1 aromatic carbocycles. The Labute approximate surface area is 93.4 Å². The molecule has 0 saturated carbocycles. The van der Waals surface area contributed by atoms with Crippen molar-refractivity contribution in [3.63, 3.8) is 0 Å². The van der Waals surface area contributed by atoms with Crippen LogP contribution in [0.2, 0.25) is 0 Å². The number of anilines is 1. The van der Waals surface area contributed by atoms with Gasteiger partial charge in [-0.25, -0.2) is 4.39 Å². The van der Waals surface area contributed by atoms with Crippen molar-refractivity contribution in [3.05, 3.63) is 30.1 Å². The zero-order valence-corrected chi connectivity index (χ0v) is 8.34. The number of halogens is 4. The second-order valence-corrected chi connectivity index (χ2v) is 3.57. The lowest BCUT2D eigenvalue weighted by Gasteiger charge is -2.15. The minimum atomic E-state index is -4.75. The van der Waals surface area contributed by atoms with E-state index in [1.54, 1.807) is 0 Å². The summed E-state index contributed by atoms with van der Waals surface area (Å²) >= 11 is 0. The van der Waals surface area contributed by atoms with Gasteiger partial charge in [-0.05, 0) is 24.3 Å². The van der Waals surface area contributed by atoms with Crippen molar-refractivity contribution >= 4 is 11.6 Å². The van der Waals surface area contributed by atoms with Crippen LogP contribution in [0.4, 0.5) is 23.2 Å². The largest absolute Gasteiger partial charge is 0.429 e. The van der Waals surface area contributed by atoms with Gasteiger partial charge in [0.1, 0.15) is 5.82 Å². The van der Waals surface area contributed by atoms with Gasteiger partial charge in [0.05, 0.1) is 6.61 Å². The molecule has 1 N–H and O–H groups in total. The molecule has 1 aliphatic heterocycles. The standard InChI is InChI=1S/C10H7F4NO2/c11-6-1-3-7(4-2-6)15-8(16)9(5-17-9)10(12,13)14/h1-4H,5H2,(H,15,16)/t9-/m1/s1. The first-order valence-electron chi connectivity index (χ1n) is 4.63. The van der Waals surface area contributed by atoms with E-state index in [-0.39, 0.29) is 5.69 Å².